The molecule has 0 saturated heterocycles. The molecule has 1 amide bonds. The number of para-hydroxylation sites is 1. The largest absolute Gasteiger partial charge is 0.464 e. The van der Waals surface area contributed by atoms with E-state index < -0.39 is 0 Å². The van der Waals surface area contributed by atoms with Gasteiger partial charge in [-0.3, -0.25) is 9.69 Å². The molecule has 0 spiro atoms. The fourth-order valence-electron chi connectivity index (χ4n) is 2.77. The minimum atomic E-state index is 0.0528. The van der Waals surface area contributed by atoms with Crippen LogP contribution in [0.25, 0.3) is 5.69 Å². The smallest absolute Gasteiger partial charge is 0.236 e. The molecule has 1 aromatic carbocycles. The number of hydrogen-bond acceptors (Lipinski definition) is 4. The third-order valence-corrected chi connectivity index (χ3v) is 4.13. The van der Waals surface area contributed by atoms with E-state index in [1.54, 1.807) is 11.9 Å². The summed E-state index contributed by atoms with van der Waals surface area (Å²) in [5.41, 5.74) is 2.08. The van der Waals surface area contributed by atoms with Crippen LogP contribution in [0.1, 0.15) is 17.1 Å². The molecule has 2 aromatic heterocycles. The molecule has 0 atom stereocenters. The molecule has 0 radical (unpaired) electrons. The van der Waals surface area contributed by atoms with Crippen molar-refractivity contribution in [3.63, 3.8) is 0 Å². The van der Waals surface area contributed by atoms with Gasteiger partial charge in [0.15, 0.2) is 0 Å². The van der Waals surface area contributed by atoms with Crippen LogP contribution in [0, 0.1) is 6.92 Å². The lowest BCUT2D eigenvalue weighted by molar-refractivity contribution is -0.131. The molecule has 0 aliphatic heterocycles. The van der Waals surface area contributed by atoms with Crippen molar-refractivity contribution in [1.29, 1.82) is 0 Å². The van der Waals surface area contributed by atoms with Crippen LogP contribution in [0.2, 0.25) is 0 Å². The van der Waals surface area contributed by atoms with Crippen molar-refractivity contribution in [2.75, 3.05) is 20.6 Å². The normalized spacial score (nSPS) is 11.1. The Balaban J connectivity index is 1.52. The van der Waals surface area contributed by atoms with Gasteiger partial charge in [0.25, 0.3) is 0 Å². The van der Waals surface area contributed by atoms with Gasteiger partial charge in [0.2, 0.25) is 5.91 Å². The van der Waals surface area contributed by atoms with Gasteiger partial charge in [0.1, 0.15) is 11.5 Å². The molecule has 0 fully saturated rings. The number of benzene rings is 1. The number of nitrogens with zero attached hydrogens (tertiary/aromatic N) is 4. The molecule has 26 heavy (non-hydrogen) atoms. The number of carbonyl (C=O) groups is 1. The Morgan fingerprint density at radius 2 is 1.88 bits per heavy atom. The van der Waals surface area contributed by atoms with Crippen molar-refractivity contribution < 1.29 is 9.21 Å². The second-order valence-corrected chi connectivity index (χ2v) is 6.56. The van der Waals surface area contributed by atoms with Gasteiger partial charge < -0.3 is 9.32 Å². The SMILES string of the molecule is Cc1ccc(CN(C)C(=O)CN(C)Cc2cnn(-c3ccccc3)c2)o1. The van der Waals surface area contributed by atoms with Crippen molar-refractivity contribution in [3.05, 3.63) is 71.9 Å². The van der Waals surface area contributed by atoms with E-state index in [1.165, 1.54) is 0 Å². The molecule has 2 heterocycles. The Morgan fingerprint density at radius 1 is 1.12 bits per heavy atom. The lowest BCUT2D eigenvalue weighted by atomic mass is 10.3. The summed E-state index contributed by atoms with van der Waals surface area (Å²) >= 11 is 0. The molecule has 136 valence electrons. The van der Waals surface area contributed by atoms with Crippen LogP contribution in [0.4, 0.5) is 0 Å². The molecule has 0 saturated carbocycles. The summed E-state index contributed by atoms with van der Waals surface area (Å²) in [6.07, 6.45) is 3.83. The van der Waals surface area contributed by atoms with Gasteiger partial charge in [-0.1, -0.05) is 18.2 Å². The highest BCUT2D eigenvalue weighted by Crippen LogP contribution is 2.11. The maximum Gasteiger partial charge on any atom is 0.236 e. The average molecular weight is 352 g/mol. The first kappa shape index (κ1) is 17.9. The Morgan fingerprint density at radius 3 is 2.58 bits per heavy atom. The van der Waals surface area contributed by atoms with Crippen LogP contribution in [-0.2, 0) is 17.9 Å². The van der Waals surface area contributed by atoms with Crippen molar-refractivity contribution in [2.45, 2.75) is 20.0 Å². The number of hydrogen-bond donors (Lipinski definition) is 0. The van der Waals surface area contributed by atoms with Crippen molar-refractivity contribution in [2.24, 2.45) is 0 Å². The van der Waals surface area contributed by atoms with Gasteiger partial charge in [-0.15, -0.1) is 0 Å². The predicted molar refractivity (Wildman–Crippen MR) is 99.8 cm³/mol. The van der Waals surface area contributed by atoms with Crippen molar-refractivity contribution >= 4 is 5.91 Å². The second kappa shape index (κ2) is 8.01. The zero-order chi connectivity index (χ0) is 18.5. The first-order chi connectivity index (χ1) is 12.5. The maximum absolute atomic E-state index is 12.4. The van der Waals surface area contributed by atoms with E-state index >= 15 is 0 Å². The number of aryl methyl sites for hydroxylation is 1. The lowest BCUT2D eigenvalue weighted by Gasteiger charge is -2.20. The molecule has 6 heteroatoms. The number of amides is 1. The van der Waals surface area contributed by atoms with Gasteiger partial charge in [0.05, 0.1) is 25.0 Å². The summed E-state index contributed by atoms with van der Waals surface area (Å²) in [5.74, 6) is 1.70. The van der Waals surface area contributed by atoms with E-state index in [2.05, 4.69) is 5.10 Å². The topological polar surface area (TPSA) is 54.5 Å². The third kappa shape index (κ3) is 4.61. The second-order valence-electron chi connectivity index (χ2n) is 6.56. The summed E-state index contributed by atoms with van der Waals surface area (Å²) in [4.78, 5) is 16.1. The van der Waals surface area contributed by atoms with Crippen LogP contribution >= 0.6 is 0 Å². The van der Waals surface area contributed by atoms with Gasteiger partial charge in [-0.25, -0.2) is 4.68 Å². The lowest BCUT2D eigenvalue weighted by Crippen LogP contribution is -2.35. The molecule has 6 nitrogen and oxygen atoms in total. The summed E-state index contributed by atoms with van der Waals surface area (Å²) in [6.45, 7) is 3.38. The number of furan rings is 1. The molecular weight excluding hydrogens is 328 g/mol. The molecule has 3 rings (SSSR count). The minimum Gasteiger partial charge on any atom is -0.464 e. The highest BCUT2D eigenvalue weighted by molar-refractivity contribution is 5.77. The number of likely N-dealkylation sites (N-methyl/N-ethyl adjacent to an activating group) is 2. The standard InChI is InChI=1S/C20H24N4O2/c1-16-9-10-19(26-16)14-23(3)20(25)15-22(2)12-17-11-21-24(13-17)18-7-5-4-6-8-18/h4-11,13H,12,14-15H2,1-3H3. The Labute approximate surface area is 153 Å². The maximum atomic E-state index is 12.4. The summed E-state index contributed by atoms with van der Waals surface area (Å²) in [7, 11) is 3.73. The summed E-state index contributed by atoms with van der Waals surface area (Å²) in [5, 5.41) is 4.39. The van der Waals surface area contributed by atoms with Crippen LogP contribution in [0.5, 0.6) is 0 Å². The molecule has 0 aliphatic rings. The Kier molecular flexibility index (Phi) is 5.53. The average Bonchev–Trinajstić information content (AvgIpc) is 3.24. The van der Waals surface area contributed by atoms with E-state index in [0.29, 0.717) is 19.6 Å². The molecule has 0 unspecified atom stereocenters. The third-order valence-electron chi connectivity index (χ3n) is 4.13. The quantitative estimate of drug-likeness (QED) is 0.656. The Bertz CT molecular complexity index is 854. The monoisotopic (exact) mass is 352 g/mol. The van der Waals surface area contributed by atoms with E-state index in [1.807, 2.05) is 78.4 Å². The van der Waals surface area contributed by atoms with Gasteiger partial charge >= 0.3 is 0 Å². The van der Waals surface area contributed by atoms with E-state index in [4.69, 9.17) is 4.42 Å². The zero-order valence-electron chi connectivity index (χ0n) is 15.4. The van der Waals surface area contributed by atoms with Crippen molar-refractivity contribution in [1.82, 2.24) is 19.6 Å². The summed E-state index contributed by atoms with van der Waals surface area (Å²) in [6, 6.07) is 13.8. The fourth-order valence-corrected chi connectivity index (χ4v) is 2.77. The number of rotatable bonds is 7. The molecule has 0 aliphatic carbocycles. The minimum absolute atomic E-state index is 0.0528. The van der Waals surface area contributed by atoms with Crippen LogP contribution in [0.3, 0.4) is 0 Å². The first-order valence-corrected chi connectivity index (χ1v) is 8.58. The zero-order valence-corrected chi connectivity index (χ0v) is 15.4. The van der Waals surface area contributed by atoms with Gasteiger partial charge in [-0.2, -0.15) is 5.10 Å². The van der Waals surface area contributed by atoms with Crippen LogP contribution in [-0.4, -0.2) is 46.1 Å². The fraction of sp³-hybridized carbons (Fsp3) is 0.300. The first-order valence-electron chi connectivity index (χ1n) is 8.58. The van der Waals surface area contributed by atoms with Crippen molar-refractivity contribution in [3.8, 4) is 5.69 Å². The predicted octanol–water partition coefficient (Wildman–Crippen LogP) is 2.86. The molecule has 0 bridgehead atoms. The van der Waals surface area contributed by atoms with Gasteiger partial charge in [-0.05, 0) is 38.2 Å². The molecule has 0 N–H and O–H groups in total. The number of aromatic nitrogens is 2. The van der Waals surface area contributed by atoms with E-state index in [-0.39, 0.29) is 5.91 Å². The highest BCUT2D eigenvalue weighted by atomic mass is 16.3. The van der Waals surface area contributed by atoms with E-state index in [9.17, 15) is 4.79 Å². The molecule has 3 aromatic rings. The van der Waals surface area contributed by atoms with E-state index in [0.717, 1.165) is 22.8 Å². The number of carbonyl (C=O) groups excluding carboxylic acids is 1. The molecular formula is C20H24N4O2. The summed E-state index contributed by atoms with van der Waals surface area (Å²) < 4.78 is 7.37. The van der Waals surface area contributed by atoms with Crippen LogP contribution < -0.4 is 0 Å². The van der Waals surface area contributed by atoms with Crippen LogP contribution in [0.15, 0.2) is 59.3 Å². The Hall–Kier alpha value is -2.86. The highest BCUT2D eigenvalue weighted by Gasteiger charge is 2.14. The van der Waals surface area contributed by atoms with Gasteiger partial charge in [0, 0.05) is 25.4 Å².